The maximum atomic E-state index is 13.1. The Morgan fingerprint density at radius 2 is 2.29 bits per heavy atom. The predicted molar refractivity (Wildman–Crippen MR) is 59.8 cm³/mol. The molecule has 17 heavy (non-hydrogen) atoms. The Morgan fingerprint density at radius 1 is 1.47 bits per heavy atom. The van der Waals surface area contributed by atoms with Crippen LogP contribution < -0.4 is 5.32 Å². The van der Waals surface area contributed by atoms with E-state index in [9.17, 15) is 9.50 Å². The highest BCUT2D eigenvalue weighted by Crippen LogP contribution is 2.24. The summed E-state index contributed by atoms with van der Waals surface area (Å²) < 4.78 is 17.8. The minimum absolute atomic E-state index is 0.0755. The first-order valence-corrected chi connectivity index (χ1v) is 5.28. The van der Waals surface area contributed by atoms with Crippen LogP contribution in [0.2, 0.25) is 0 Å². The molecule has 0 aliphatic rings. The standard InChI is InChI=1S/C12H13FN2O2/c1-8(14-7-10-4-5-17-15-10)11-6-9(13)2-3-12(11)16/h2-6,8,14,16H,7H2,1H3. The van der Waals surface area contributed by atoms with E-state index in [0.29, 0.717) is 12.1 Å². The van der Waals surface area contributed by atoms with E-state index in [2.05, 4.69) is 10.5 Å². The van der Waals surface area contributed by atoms with E-state index in [0.717, 1.165) is 5.69 Å². The second-order valence-corrected chi connectivity index (χ2v) is 3.80. The van der Waals surface area contributed by atoms with Gasteiger partial charge in [-0.3, -0.25) is 0 Å². The van der Waals surface area contributed by atoms with Crippen LogP contribution in [0.1, 0.15) is 24.2 Å². The van der Waals surface area contributed by atoms with Gasteiger partial charge >= 0.3 is 0 Å². The third-order valence-electron chi connectivity index (χ3n) is 2.54. The molecule has 0 spiro atoms. The van der Waals surface area contributed by atoms with Crippen LogP contribution in [-0.2, 0) is 6.54 Å². The molecular weight excluding hydrogens is 223 g/mol. The van der Waals surface area contributed by atoms with Crippen molar-refractivity contribution in [1.29, 1.82) is 0 Å². The molecule has 5 heteroatoms. The van der Waals surface area contributed by atoms with Crippen molar-refractivity contribution in [1.82, 2.24) is 10.5 Å². The van der Waals surface area contributed by atoms with Crippen LogP contribution in [0.15, 0.2) is 35.1 Å². The van der Waals surface area contributed by atoms with Gasteiger partial charge in [-0.2, -0.15) is 0 Å². The van der Waals surface area contributed by atoms with Gasteiger partial charge in [0.25, 0.3) is 0 Å². The van der Waals surface area contributed by atoms with Gasteiger partial charge in [0.1, 0.15) is 17.8 Å². The molecule has 2 aromatic rings. The lowest BCUT2D eigenvalue weighted by atomic mass is 10.1. The molecule has 1 unspecified atom stereocenters. The van der Waals surface area contributed by atoms with E-state index in [1.807, 2.05) is 6.92 Å². The molecule has 1 heterocycles. The fourth-order valence-corrected chi connectivity index (χ4v) is 1.57. The predicted octanol–water partition coefficient (Wildman–Crippen LogP) is 2.37. The first kappa shape index (κ1) is 11.6. The monoisotopic (exact) mass is 236 g/mol. The molecule has 90 valence electrons. The van der Waals surface area contributed by atoms with Crippen LogP contribution in [0, 0.1) is 5.82 Å². The zero-order valence-electron chi connectivity index (χ0n) is 9.35. The van der Waals surface area contributed by atoms with Crippen LogP contribution in [0.4, 0.5) is 4.39 Å². The normalized spacial score (nSPS) is 12.6. The molecule has 1 aromatic heterocycles. The third-order valence-corrected chi connectivity index (χ3v) is 2.54. The first-order valence-electron chi connectivity index (χ1n) is 5.28. The molecule has 0 amide bonds. The number of rotatable bonds is 4. The van der Waals surface area contributed by atoms with Crippen LogP contribution in [0.5, 0.6) is 5.75 Å². The summed E-state index contributed by atoms with van der Waals surface area (Å²) in [5, 5.41) is 16.5. The molecule has 1 atom stereocenters. The zero-order valence-corrected chi connectivity index (χ0v) is 9.35. The van der Waals surface area contributed by atoms with Crippen molar-refractivity contribution in [3.05, 3.63) is 47.6 Å². The summed E-state index contributed by atoms with van der Waals surface area (Å²) in [6.45, 7) is 2.34. The number of benzene rings is 1. The molecule has 4 nitrogen and oxygen atoms in total. The zero-order chi connectivity index (χ0) is 12.3. The maximum Gasteiger partial charge on any atom is 0.124 e. The summed E-state index contributed by atoms with van der Waals surface area (Å²) >= 11 is 0. The minimum Gasteiger partial charge on any atom is -0.508 e. The SMILES string of the molecule is CC(NCc1ccon1)c1cc(F)ccc1O. The van der Waals surface area contributed by atoms with Crippen LogP contribution in [-0.4, -0.2) is 10.3 Å². The molecule has 1 aromatic carbocycles. The minimum atomic E-state index is -0.368. The van der Waals surface area contributed by atoms with Gasteiger partial charge in [-0.15, -0.1) is 0 Å². The second kappa shape index (κ2) is 4.97. The molecule has 0 bridgehead atoms. The van der Waals surface area contributed by atoms with Crippen molar-refractivity contribution in [2.75, 3.05) is 0 Å². The summed E-state index contributed by atoms with van der Waals surface area (Å²) in [4.78, 5) is 0. The number of halogens is 1. The quantitative estimate of drug-likeness (QED) is 0.855. The Labute approximate surface area is 98.1 Å². The van der Waals surface area contributed by atoms with E-state index in [1.54, 1.807) is 6.07 Å². The summed E-state index contributed by atoms with van der Waals surface area (Å²) in [5.41, 5.74) is 1.28. The van der Waals surface area contributed by atoms with Crippen molar-refractivity contribution < 1.29 is 14.0 Å². The van der Waals surface area contributed by atoms with Crippen LogP contribution >= 0.6 is 0 Å². The average Bonchev–Trinajstić information content (AvgIpc) is 2.82. The van der Waals surface area contributed by atoms with E-state index in [-0.39, 0.29) is 17.6 Å². The van der Waals surface area contributed by atoms with Crippen LogP contribution in [0.3, 0.4) is 0 Å². The Kier molecular flexibility index (Phi) is 3.39. The number of aromatic nitrogens is 1. The third kappa shape index (κ3) is 2.82. The smallest absolute Gasteiger partial charge is 0.124 e. The lowest BCUT2D eigenvalue weighted by Crippen LogP contribution is -2.18. The Bertz CT molecular complexity index is 485. The van der Waals surface area contributed by atoms with E-state index in [4.69, 9.17) is 4.52 Å². The largest absolute Gasteiger partial charge is 0.508 e. The van der Waals surface area contributed by atoms with Gasteiger partial charge in [-0.1, -0.05) is 5.16 Å². The number of nitrogens with zero attached hydrogens (tertiary/aromatic N) is 1. The Hall–Kier alpha value is -1.88. The lowest BCUT2D eigenvalue weighted by molar-refractivity contribution is 0.404. The van der Waals surface area contributed by atoms with Gasteiger partial charge in [0.05, 0.1) is 5.69 Å². The summed E-state index contributed by atoms with van der Waals surface area (Å²) in [6, 6.07) is 5.45. The molecule has 0 aliphatic heterocycles. The van der Waals surface area contributed by atoms with Gasteiger partial charge in [-0.25, -0.2) is 4.39 Å². The topological polar surface area (TPSA) is 58.3 Å². The summed E-state index contributed by atoms with van der Waals surface area (Å²) in [7, 11) is 0. The van der Waals surface area contributed by atoms with E-state index < -0.39 is 0 Å². The average molecular weight is 236 g/mol. The Morgan fingerprint density at radius 3 is 3.00 bits per heavy atom. The summed E-state index contributed by atoms with van der Waals surface area (Å²) in [6.07, 6.45) is 1.49. The highest BCUT2D eigenvalue weighted by atomic mass is 19.1. The van der Waals surface area contributed by atoms with Crippen molar-refractivity contribution in [3.63, 3.8) is 0 Å². The number of hydrogen-bond acceptors (Lipinski definition) is 4. The van der Waals surface area contributed by atoms with Gasteiger partial charge in [0.15, 0.2) is 0 Å². The molecule has 0 radical (unpaired) electrons. The lowest BCUT2D eigenvalue weighted by Gasteiger charge is -2.14. The molecule has 2 N–H and O–H groups in total. The van der Waals surface area contributed by atoms with Gasteiger partial charge < -0.3 is 14.9 Å². The highest BCUT2D eigenvalue weighted by Gasteiger charge is 2.11. The van der Waals surface area contributed by atoms with Gasteiger partial charge in [-0.05, 0) is 25.1 Å². The number of phenols is 1. The van der Waals surface area contributed by atoms with E-state index in [1.165, 1.54) is 24.5 Å². The highest BCUT2D eigenvalue weighted by molar-refractivity contribution is 5.34. The molecular formula is C12H13FN2O2. The maximum absolute atomic E-state index is 13.1. The molecule has 0 fully saturated rings. The Balaban J connectivity index is 2.04. The molecule has 0 aliphatic carbocycles. The van der Waals surface area contributed by atoms with E-state index >= 15 is 0 Å². The summed E-state index contributed by atoms with van der Waals surface area (Å²) in [5.74, 6) is -0.292. The van der Waals surface area contributed by atoms with Crippen molar-refractivity contribution in [2.45, 2.75) is 19.5 Å². The van der Waals surface area contributed by atoms with Crippen LogP contribution in [0.25, 0.3) is 0 Å². The van der Waals surface area contributed by atoms with Gasteiger partial charge in [0.2, 0.25) is 0 Å². The van der Waals surface area contributed by atoms with Gasteiger partial charge in [0, 0.05) is 24.2 Å². The van der Waals surface area contributed by atoms with Crippen molar-refractivity contribution in [2.24, 2.45) is 0 Å². The first-order chi connectivity index (χ1) is 8.16. The number of aromatic hydroxyl groups is 1. The van der Waals surface area contributed by atoms with Crippen molar-refractivity contribution in [3.8, 4) is 5.75 Å². The number of nitrogens with one attached hydrogen (secondary N) is 1. The molecule has 2 rings (SSSR count). The fourth-order valence-electron chi connectivity index (χ4n) is 1.57. The number of hydrogen-bond donors (Lipinski definition) is 2. The molecule has 0 saturated carbocycles. The van der Waals surface area contributed by atoms with Crippen molar-refractivity contribution >= 4 is 0 Å². The fraction of sp³-hybridized carbons (Fsp3) is 0.250. The second-order valence-electron chi connectivity index (χ2n) is 3.80. The number of phenolic OH excluding ortho intramolecular Hbond substituents is 1. The molecule has 0 saturated heterocycles.